The van der Waals surface area contributed by atoms with Crippen molar-refractivity contribution in [1.29, 1.82) is 0 Å². The highest BCUT2D eigenvalue weighted by Crippen LogP contribution is 2.18. The second kappa shape index (κ2) is 4.74. The van der Waals surface area contributed by atoms with E-state index in [0.717, 1.165) is 6.42 Å². The number of nitrogens with two attached hydrogens (primary N) is 1. The molecule has 0 aliphatic carbocycles. The van der Waals surface area contributed by atoms with Crippen LogP contribution >= 0.6 is 0 Å². The monoisotopic (exact) mass is 173 g/mol. The third kappa shape index (κ3) is 3.37. The second-order valence-corrected chi connectivity index (χ2v) is 3.00. The van der Waals surface area contributed by atoms with Crippen molar-refractivity contribution in [3.8, 4) is 0 Å². The first kappa shape index (κ1) is 10.9. The summed E-state index contributed by atoms with van der Waals surface area (Å²) in [6.07, 6.45) is 0.675. The van der Waals surface area contributed by atoms with Gasteiger partial charge in [-0.3, -0.25) is 9.59 Å². The van der Waals surface area contributed by atoms with E-state index in [2.05, 4.69) is 0 Å². The topological polar surface area (TPSA) is 80.4 Å². The van der Waals surface area contributed by atoms with Gasteiger partial charge in [-0.05, 0) is 5.92 Å². The molecule has 1 amide bonds. The maximum Gasteiger partial charge on any atom is 0.307 e. The van der Waals surface area contributed by atoms with Crippen molar-refractivity contribution in [3.63, 3.8) is 0 Å². The van der Waals surface area contributed by atoms with Crippen LogP contribution in [0.2, 0.25) is 0 Å². The van der Waals surface area contributed by atoms with Crippen molar-refractivity contribution in [2.24, 2.45) is 17.6 Å². The molecular formula is C8H15NO3. The number of carbonyl (C=O) groups excluding carboxylic acids is 1. The van der Waals surface area contributed by atoms with Gasteiger partial charge in [-0.25, -0.2) is 0 Å². The molecule has 0 radical (unpaired) electrons. The van der Waals surface area contributed by atoms with Gasteiger partial charge in [0.25, 0.3) is 0 Å². The number of aliphatic carboxylic acids is 1. The molecule has 0 rings (SSSR count). The zero-order chi connectivity index (χ0) is 9.72. The number of carboxylic acid groups (broad SMARTS) is 1. The van der Waals surface area contributed by atoms with Gasteiger partial charge in [-0.2, -0.15) is 0 Å². The van der Waals surface area contributed by atoms with E-state index in [1.165, 1.54) is 0 Å². The molecule has 0 spiro atoms. The summed E-state index contributed by atoms with van der Waals surface area (Å²) in [7, 11) is 0. The highest BCUT2D eigenvalue weighted by molar-refractivity contribution is 5.81. The summed E-state index contributed by atoms with van der Waals surface area (Å²) in [6.45, 7) is 3.70. The van der Waals surface area contributed by atoms with Gasteiger partial charge in [0.15, 0.2) is 0 Å². The number of hydrogen-bond donors (Lipinski definition) is 2. The van der Waals surface area contributed by atoms with Crippen LogP contribution < -0.4 is 5.73 Å². The summed E-state index contributed by atoms with van der Waals surface area (Å²) in [6, 6.07) is 0. The molecule has 0 aliphatic heterocycles. The number of hydrogen-bond acceptors (Lipinski definition) is 2. The summed E-state index contributed by atoms with van der Waals surface area (Å²) >= 11 is 0. The normalized spacial score (nSPS) is 15.2. The summed E-state index contributed by atoms with van der Waals surface area (Å²) in [5, 5.41) is 8.72. The van der Waals surface area contributed by atoms with Gasteiger partial charge >= 0.3 is 5.97 Å². The summed E-state index contributed by atoms with van der Waals surface area (Å²) < 4.78 is 0. The third-order valence-corrected chi connectivity index (χ3v) is 2.07. The van der Waals surface area contributed by atoms with Gasteiger partial charge in [0.05, 0.1) is 5.92 Å². The molecule has 0 bridgehead atoms. The van der Waals surface area contributed by atoms with Crippen LogP contribution in [0.25, 0.3) is 0 Å². The average Bonchev–Trinajstić information content (AvgIpc) is 1.98. The molecule has 0 aromatic rings. The van der Waals surface area contributed by atoms with Gasteiger partial charge in [0, 0.05) is 6.42 Å². The molecule has 2 atom stereocenters. The molecule has 3 N–H and O–H groups in total. The Morgan fingerprint density at radius 1 is 1.50 bits per heavy atom. The van der Waals surface area contributed by atoms with Crippen LogP contribution in [0.15, 0.2) is 0 Å². The van der Waals surface area contributed by atoms with Gasteiger partial charge in [0.1, 0.15) is 0 Å². The summed E-state index contributed by atoms with van der Waals surface area (Å²) in [5.41, 5.74) is 4.92. The van der Waals surface area contributed by atoms with E-state index < -0.39 is 17.8 Å². The third-order valence-electron chi connectivity index (χ3n) is 2.07. The number of rotatable bonds is 5. The first-order valence-electron chi connectivity index (χ1n) is 4.00. The van der Waals surface area contributed by atoms with Gasteiger partial charge < -0.3 is 10.8 Å². The molecule has 0 saturated heterocycles. The average molecular weight is 173 g/mol. The lowest BCUT2D eigenvalue weighted by Crippen LogP contribution is -2.27. The molecule has 4 nitrogen and oxygen atoms in total. The Balaban J connectivity index is 4.22. The van der Waals surface area contributed by atoms with Crippen LogP contribution in [-0.4, -0.2) is 17.0 Å². The fourth-order valence-corrected chi connectivity index (χ4v) is 1.03. The van der Waals surface area contributed by atoms with Crippen molar-refractivity contribution >= 4 is 11.9 Å². The van der Waals surface area contributed by atoms with E-state index in [1.807, 2.05) is 13.8 Å². The maximum atomic E-state index is 10.6. The fraction of sp³-hybridized carbons (Fsp3) is 0.750. The quantitative estimate of drug-likeness (QED) is 0.639. The smallest absolute Gasteiger partial charge is 0.307 e. The van der Waals surface area contributed by atoms with E-state index >= 15 is 0 Å². The number of carboxylic acids is 1. The molecule has 70 valence electrons. The minimum atomic E-state index is -0.942. The Bertz CT molecular complexity index is 179. The van der Waals surface area contributed by atoms with Gasteiger partial charge in [-0.15, -0.1) is 0 Å². The predicted molar refractivity (Wildman–Crippen MR) is 44.4 cm³/mol. The van der Waals surface area contributed by atoms with Crippen LogP contribution in [0, 0.1) is 11.8 Å². The van der Waals surface area contributed by atoms with E-state index in [4.69, 9.17) is 10.8 Å². The van der Waals surface area contributed by atoms with Crippen LogP contribution in [0.3, 0.4) is 0 Å². The molecule has 0 saturated carbocycles. The fourth-order valence-electron chi connectivity index (χ4n) is 1.03. The van der Waals surface area contributed by atoms with Crippen molar-refractivity contribution in [3.05, 3.63) is 0 Å². The van der Waals surface area contributed by atoms with Gasteiger partial charge in [0.2, 0.25) is 5.91 Å². The highest BCUT2D eigenvalue weighted by Gasteiger charge is 2.24. The summed E-state index contributed by atoms with van der Waals surface area (Å²) in [5.74, 6) is -2.13. The zero-order valence-corrected chi connectivity index (χ0v) is 7.41. The van der Waals surface area contributed by atoms with E-state index in [0.29, 0.717) is 0 Å². The Labute approximate surface area is 71.8 Å². The molecule has 2 unspecified atom stereocenters. The lowest BCUT2D eigenvalue weighted by atomic mass is 9.89. The largest absolute Gasteiger partial charge is 0.481 e. The van der Waals surface area contributed by atoms with Crippen LogP contribution in [-0.2, 0) is 9.59 Å². The number of primary amides is 1. The molecule has 0 aromatic carbocycles. The number of carbonyl (C=O) groups is 2. The Morgan fingerprint density at radius 3 is 2.25 bits per heavy atom. The zero-order valence-electron chi connectivity index (χ0n) is 7.41. The summed E-state index contributed by atoms with van der Waals surface area (Å²) in [4.78, 5) is 21.1. The van der Waals surface area contributed by atoms with E-state index in [-0.39, 0.29) is 12.3 Å². The van der Waals surface area contributed by atoms with Crippen molar-refractivity contribution in [2.75, 3.05) is 0 Å². The Kier molecular flexibility index (Phi) is 4.33. The van der Waals surface area contributed by atoms with E-state index in [9.17, 15) is 9.59 Å². The Morgan fingerprint density at radius 2 is 2.00 bits per heavy atom. The van der Waals surface area contributed by atoms with Crippen molar-refractivity contribution in [1.82, 2.24) is 0 Å². The molecule has 0 aromatic heterocycles. The molecule has 0 fully saturated rings. The standard InChI is InChI=1S/C8H15NO3/c1-3-5(2)6(8(11)12)4-7(9)10/h5-6H,3-4H2,1-2H3,(H2,9,10)(H,11,12). The molecule has 0 aliphatic rings. The molecule has 0 heterocycles. The molecule has 12 heavy (non-hydrogen) atoms. The van der Waals surface area contributed by atoms with Crippen molar-refractivity contribution < 1.29 is 14.7 Å². The number of amides is 1. The second-order valence-electron chi connectivity index (χ2n) is 3.00. The van der Waals surface area contributed by atoms with Crippen LogP contribution in [0.5, 0.6) is 0 Å². The molecule has 4 heteroatoms. The van der Waals surface area contributed by atoms with E-state index in [1.54, 1.807) is 0 Å². The molecular weight excluding hydrogens is 158 g/mol. The first-order chi connectivity index (χ1) is 5.49. The Hall–Kier alpha value is -1.06. The minimum absolute atomic E-state index is 0.00463. The van der Waals surface area contributed by atoms with Gasteiger partial charge in [-0.1, -0.05) is 20.3 Å². The minimum Gasteiger partial charge on any atom is -0.481 e. The first-order valence-corrected chi connectivity index (χ1v) is 4.00. The predicted octanol–water partition coefficient (Wildman–Crippen LogP) is 0.609. The highest BCUT2D eigenvalue weighted by atomic mass is 16.4. The lowest BCUT2D eigenvalue weighted by molar-refractivity contribution is -0.145. The van der Waals surface area contributed by atoms with Crippen LogP contribution in [0.1, 0.15) is 26.7 Å². The van der Waals surface area contributed by atoms with Crippen LogP contribution in [0.4, 0.5) is 0 Å². The maximum absolute atomic E-state index is 10.6. The lowest BCUT2D eigenvalue weighted by Gasteiger charge is -2.16. The SMILES string of the molecule is CCC(C)C(CC(N)=O)C(=O)O. The van der Waals surface area contributed by atoms with Crippen molar-refractivity contribution in [2.45, 2.75) is 26.7 Å².